The van der Waals surface area contributed by atoms with Gasteiger partial charge in [-0.2, -0.15) is 0 Å². The summed E-state index contributed by atoms with van der Waals surface area (Å²) in [5.74, 6) is -0.289. The number of ether oxygens (including phenoxy) is 1. The predicted octanol–water partition coefficient (Wildman–Crippen LogP) is 3.30. The van der Waals surface area contributed by atoms with Gasteiger partial charge in [0.25, 0.3) is 0 Å². The number of sulfone groups is 1. The number of nitrogens with zero attached hydrogens (tertiary/aromatic N) is 2. The smallest absolute Gasteiger partial charge is 0.327 e. The Bertz CT molecular complexity index is 958. The van der Waals surface area contributed by atoms with Gasteiger partial charge in [-0.15, -0.1) is 0 Å². The van der Waals surface area contributed by atoms with Crippen LogP contribution in [0.4, 0.5) is 0 Å². The van der Waals surface area contributed by atoms with Crippen LogP contribution < -0.4 is 0 Å². The van der Waals surface area contributed by atoms with Crippen LogP contribution in [0, 0.1) is 0 Å². The molecular formula is C21H24Cl2N2O4S. The van der Waals surface area contributed by atoms with E-state index < -0.39 is 15.9 Å². The van der Waals surface area contributed by atoms with Crippen molar-refractivity contribution in [1.29, 1.82) is 0 Å². The highest BCUT2D eigenvalue weighted by Crippen LogP contribution is 2.25. The second-order valence-electron chi connectivity index (χ2n) is 7.13. The lowest BCUT2D eigenvalue weighted by Gasteiger charge is -2.38. The summed E-state index contributed by atoms with van der Waals surface area (Å²) in [5.41, 5.74) is 0.824. The third-order valence-electron chi connectivity index (χ3n) is 5.23. The molecule has 162 valence electrons. The predicted molar refractivity (Wildman–Crippen MR) is 118 cm³/mol. The Hall–Kier alpha value is -1.64. The molecule has 1 fully saturated rings. The summed E-state index contributed by atoms with van der Waals surface area (Å²) in [6.45, 7) is 3.02. The van der Waals surface area contributed by atoms with Gasteiger partial charge in [0.15, 0.2) is 9.84 Å². The zero-order valence-electron chi connectivity index (χ0n) is 16.6. The molecule has 1 atom stereocenters. The summed E-state index contributed by atoms with van der Waals surface area (Å²) in [5, 5.41) is 1.11. The number of piperazine rings is 1. The zero-order valence-corrected chi connectivity index (χ0v) is 19.0. The molecule has 30 heavy (non-hydrogen) atoms. The number of benzene rings is 2. The first-order chi connectivity index (χ1) is 14.3. The highest BCUT2D eigenvalue weighted by molar-refractivity contribution is 7.91. The van der Waals surface area contributed by atoms with Crippen molar-refractivity contribution in [3.8, 4) is 0 Å². The van der Waals surface area contributed by atoms with E-state index in [1.54, 1.807) is 24.3 Å². The topological polar surface area (TPSA) is 66.9 Å². The molecule has 3 rings (SSSR count). The molecule has 1 aliphatic heterocycles. The minimum atomic E-state index is -3.37. The molecule has 0 amide bonds. The molecule has 2 aromatic rings. The number of rotatable bonds is 7. The Balaban J connectivity index is 1.59. The van der Waals surface area contributed by atoms with Crippen molar-refractivity contribution in [2.75, 3.05) is 45.6 Å². The van der Waals surface area contributed by atoms with Crippen LogP contribution in [0.3, 0.4) is 0 Å². The lowest BCUT2D eigenvalue weighted by Crippen LogP contribution is -2.50. The minimum absolute atomic E-state index is 0.0340. The van der Waals surface area contributed by atoms with E-state index in [1.165, 1.54) is 19.2 Å². The van der Waals surface area contributed by atoms with Gasteiger partial charge < -0.3 is 4.74 Å². The fourth-order valence-corrected chi connectivity index (χ4v) is 5.04. The first-order valence-electron chi connectivity index (χ1n) is 9.58. The number of hydrogen-bond acceptors (Lipinski definition) is 6. The normalized spacial score (nSPS) is 16.9. The number of esters is 1. The van der Waals surface area contributed by atoms with Crippen LogP contribution in [-0.4, -0.2) is 69.8 Å². The quantitative estimate of drug-likeness (QED) is 0.578. The zero-order chi connectivity index (χ0) is 21.7. The summed E-state index contributed by atoms with van der Waals surface area (Å²) in [6, 6.07) is 12.9. The SMILES string of the molecule is COC(=O)C(c1ccc(Cl)cc1)N1CCN(CCS(=O)(=O)c2ccc(Cl)cc2)CC1. The Morgan fingerprint density at radius 2 is 1.50 bits per heavy atom. The number of carbonyl (C=O) groups excluding carboxylic acids is 1. The van der Waals surface area contributed by atoms with Crippen LogP contribution in [0.5, 0.6) is 0 Å². The van der Waals surface area contributed by atoms with Crippen LogP contribution >= 0.6 is 23.2 Å². The third kappa shape index (κ3) is 5.74. The van der Waals surface area contributed by atoms with Crippen molar-refractivity contribution in [1.82, 2.24) is 9.80 Å². The molecule has 9 heteroatoms. The second-order valence-corrected chi connectivity index (χ2v) is 10.1. The van der Waals surface area contributed by atoms with E-state index in [2.05, 4.69) is 9.80 Å². The molecule has 0 aromatic heterocycles. The Kier molecular flexibility index (Phi) is 7.76. The van der Waals surface area contributed by atoms with Gasteiger partial charge in [-0.05, 0) is 42.0 Å². The molecule has 0 bridgehead atoms. The maximum Gasteiger partial charge on any atom is 0.327 e. The Morgan fingerprint density at radius 1 is 0.967 bits per heavy atom. The van der Waals surface area contributed by atoms with Crippen molar-refractivity contribution >= 4 is 39.0 Å². The molecule has 1 aliphatic rings. The molecular weight excluding hydrogens is 447 g/mol. The van der Waals surface area contributed by atoms with E-state index in [-0.39, 0.29) is 16.6 Å². The first-order valence-corrected chi connectivity index (χ1v) is 12.0. The van der Waals surface area contributed by atoms with Crippen LogP contribution in [0.2, 0.25) is 10.0 Å². The molecule has 1 unspecified atom stereocenters. The Labute approximate surface area is 187 Å². The van der Waals surface area contributed by atoms with Crippen LogP contribution in [0.25, 0.3) is 0 Å². The molecule has 6 nitrogen and oxygen atoms in total. The fraction of sp³-hybridized carbons (Fsp3) is 0.381. The molecule has 0 radical (unpaired) electrons. The number of halogens is 2. The van der Waals surface area contributed by atoms with Gasteiger partial charge in [0.1, 0.15) is 6.04 Å². The average Bonchev–Trinajstić information content (AvgIpc) is 2.75. The van der Waals surface area contributed by atoms with E-state index in [0.717, 1.165) is 5.56 Å². The van der Waals surface area contributed by atoms with E-state index in [1.807, 2.05) is 12.1 Å². The summed E-state index contributed by atoms with van der Waals surface area (Å²) < 4.78 is 30.1. The summed E-state index contributed by atoms with van der Waals surface area (Å²) >= 11 is 11.8. The van der Waals surface area contributed by atoms with Crippen molar-refractivity contribution in [2.24, 2.45) is 0 Å². The molecule has 0 aliphatic carbocycles. The standard InChI is InChI=1S/C21H24Cl2N2O4S/c1-29-21(26)20(16-2-4-17(22)5-3-16)25-12-10-24(11-13-25)14-15-30(27,28)19-8-6-18(23)7-9-19/h2-9,20H,10-15H2,1H3. The van der Waals surface area contributed by atoms with Gasteiger partial charge in [-0.25, -0.2) is 13.2 Å². The third-order valence-corrected chi connectivity index (χ3v) is 7.45. The maximum atomic E-state index is 12.5. The number of methoxy groups -OCH3 is 1. The van der Waals surface area contributed by atoms with Gasteiger partial charge in [0, 0.05) is 42.8 Å². The lowest BCUT2D eigenvalue weighted by atomic mass is 10.0. The first kappa shape index (κ1) is 23.0. The Morgan fingerprint density at radius 3 is 2.03 bits per heavy atom. The van der Waals surface area contributed by atoms with E-state index in [9.17, 15) is 13.2 Å². The highest BCUT2D eigenvalue weighted by Gasteiger charge is 2.31. The molecule has 0 N–H and O–H groups in total. The lowest BCUT2D eigenvalue weighted by molar-refractivity contribution is -0.148. The minimum Gasteiger partial charge on any atom is -0.468 e. The molecule has 1 heterocycles. The van der Waals surface area contributed by atoms with Gasteiger partial charge in [-0.1, -0.05) is 35.3 Å². The van der Waals surface area contributed by atoms with Crippen molar-refractivity contribution in [3.63, 3.8) is 0 Å². The number of carbonyl (C=O) groups is 1. The monoisotopic (exact) mass is 470 g/mol. The molecule has 2 aromatic carbocycles. The van der Waals surface area contributed by atoms with Crippen molar-refractivity contribution < 1.29 is 17.9 Å². The van der Waals surface area contributed by atoms with E-state index in [4.69, 9.17) is 27.9 Å². The van der Waals surface area contributed by atoms with Crippen molar-refractivity contribution in [2.45, 2.75) is 10.9 Å². The van der Waals surface area contributed by atoms with Crippen LogP contribution in [0.1, 0.15) is 11.6 Å². The van der Waals surface area contributed by atoms with E-state index in [0.29, 0.717) is 42.8 Å². The van der Waals surface area contributed by atoms with Crippen LogP contribution in [0.15, 0.2) is 53.4 Å². The van der Waals surface area contributed by atoms with Crippen molar-refractivity contribution in [3.05, 3.63) is 64.1 Å². The fourth-order valence-electron chi connectivity index (χ4n) is 3.51. The largest absolute Gasteiger partial charge is 0.468 e. The number of hydrogen-bond donors (Lipinski definition) is 0. The van der Waals surface area contributed by atoms with Crippen LogP contribution in [-0.2, 0) is 19.4 Å². The van der Waals surface area contributed by atoms with Gasteiger partial charge >= 0.3 is 5.97 Å². The summed E-state index contributed by atoms with van der Waals surface area (Å²) in [7, 11) is -1.99. The molecule has 0 spiro atoms. The van der Waals surface area contributed by atoms with E-state index >= 15 is 0 Å². The summed E-state index contributed by atoms with van der Waals surface area (Å²) in [4.78, 5) is 16.8. The average molecular weight is 471 g/mol. The van der Waals surface area contributed by atoms with Gasteiger partial charge in [0.2, 0.25) is 0 Å². The molecule has 0 saturated carbocycles. The highest BCUT2D eigenvalue weighted by atomic mass is 35.5. The maximum absolute atomic E-state index is 12.5. The molecule has 1 saturated heterocycles. The van der Waals surface area contributed by atoms with Gasteiger partial charge in [-0.3, -0.25) is 9.80 Å². The second kappa shape index (κ2) is 10.1. The van der Waals surface area contributed by atoms with Gasteiger partial charge in [0.05, 0.1) is 17.8 Å². The summed E-state index contributed by atoms with van der Waals surface area (Å²) in [6.07, 6.45) is 0.